The first-order chi connectivity index (χ1) is 17.1. The molecule has 1 radical (unpaired) electrons. The first-order valence-electron chi connectivity index (χ1n) is 14.6. The van der Waals surface area contributed by atoms with E-state index in [1.165, 1.54) is 31.0 Å². The fraction of sp³-hybridized carbons (Fsp3) is 0.862. The lowest BCUT2D eigenvalue weighted by Gasteiger charge is -2.58. The third-order valence-electron chi connectivity index (χ3n) is 10.9. The fourth-order valence-corrected chi connectivity index (χ4v) is 9.32. The molecule has 5 rings (SSSR count). The van der Waals surface area contributed by atoms with E-state index in [1.807, 2.05) is 0 Å². The van der Waals surface area contributed by atoms with E-state index in [1.54, 1.807) is 5.57 Å². The minimum atomic E-state index is -0.596. The molecular formula is C29H46BO4S. The molecule has 4 aliphatic carbocycles. The standard InChI is InChI=1S/C29H46BO4S/c1-18(2)8-13-29(32-14-15-33-29)19(3)26-25(31)17-24-22-7-6-20-16-21(34-35-30)9-11-27(20,4)23(22)10-12-28(24,26)5/h6,18-19,21-24,30-31H,7-17H2,1-5H3/t19-,21-,22+,23-,24-,27-,28-/m0/s1/i30T. The van der Waals surface area contributed by atoms with Crippen molar-refractivity contribution in [3.8, 4) is 0 Å². The molecule has 0 aromatic carbocycles. The summed E-state index contributed by atoms with van der Waals surface area (Å²) < 4.78 is 25.9. The quantitative estimate of drug-likeness (QED) is 0.219. The number of allylic oxidation sites excluding steroid dienone is 2. The SMILES string of the molecule is [3H][B]SO[C@H]1CC[C@@]2(C)C(=CC[C@@H]3[C@@H]2CC[C@]2(C)C([C@H](C)C4(CCC(C)C)OCCO4)=C(O)C[C@@H]32)C1. The number of aliphatic hydroxyl groups is 1. The molecule has 0 unspecified atom stereocenters. The average molecular weight is 504 g/mol. The summed E-state index contributed by atoms with van der Waals surface area (Å²) in [6.45, 7) is 13.0. The molecule has 7 atom stereocenters. The van der Waals surface area contributed by atoms with Gasteiger partial charge in [0, 0.05) is 18.8 Å². The van der Waals surface area contributed by atoms with Crippen molar-refractivity contribution in [2.45, 2.75) is 104 Å². The Hall–Kier alpha value is -0.425. The summed E-state index contributed by atoms with van der Waals surface area (Å²) in [7, 11) is 1.29. The van der Waals surface area contributed by atoms with Gasteiger partial charge in [0.25, 0.3) is 0 Å². The maximum Gasteiger partial charge on any atom is 0.209 e. The molecule has 0 aromatic heterocycles. The van der Waals surface area contributed by atoms with Gasteiger partial charge in [-0.2, -0.15) is 0 Å². The van der Waals surface area contributed by atoms with Crippen molar-refractivity contribution < 1.29 is 18.8 Å². The van der Waals surface area contributed by atoms with Crippen LogP contribution in [0.1, 0.15) is 92.4 Å². The lowest BCUT2D eigenvalue weighted by Crippen LogP contribution is -2.51. The van der Waals surface area contributed by atoms with Crippen LogP contribution < -0.4 is 0 Å². The lowest BCUT2D eigenvalue weighted by atomic mass is 9.47. The van der Waals surface area contributed by atoms with Crippen LogP contribution >= 0.6 is 11.9 Å². The van der Waals surface area contributed by atoms with Gasteiger partial charge in [-0.3, -0.25) is 0 Å². The highest BCUT2D eigenvalue weighted by Gasteiger charge is 2.61. The minimum Gasteiger partial charge on any atom is -0.512 e. The normalized spacial score (nSPS) is 41.7. The van der Waals surface area contributed by atoms with Gasteiger partial charge in [0.2, 0.25) is 7.09 Å². The average Bonchev–Trinajstić information content (AvgIpc) is 3.43. The van der Waals surface area contributed by atoms with Crippen LogP contribution in [-0.2, 0) is 13.7 Å². The summed E-state index contributed by atoms with van der Waals surface area (Å²) in [5, 5.41) is 11.5. The molecule has 5 aliphatic rings. The molecule has 0 aromatic rings. The van der Waals surface area contributed by atoms with Crippen LogP contribution in [0.2, 0.25) is 0 Å². The third-order valence-corrected chi connectivity index (χ3v) is 11.3. The van der Waals surface area contributed by atoms with Crippen molar-refractivity contribution in [1.82, 2.24) is 0 Å². The number of hydrogen-bond donors (Lipinski definition) is 1. The van der Waals surface area contributed by atoms with Gasteiger partial charge in [-0.1, -0.05) is 58.2 Å². The third kappa shape index (κ3) is 4.27. The zero-order valence-electron chi connectivity index (χ0n) is 23.5. The molecule has 1 N–H and O–H groups in total. The number of aliphatic hydroxyl groups excluding tert-OH is 1. The Labute approximate surface area is 219 Å². The molecule has 0 amide bonds. The predicted molar refractivity (Wildman–Crippen MR) is 144 cm³/mol. The molecule has 3 fully saturated rings. The van der Waals surface area contributed by atoms with Gasteiger partial charge >= 0.3 is 0 Å². The lowest BCUT2D eigenvalue weighted by molar-refractivity contribution is -0.194. The van der Waals surface area contributed by atoms with Gasteiger partial charge in [0.15, 0.2) is 5.79 Å². The van der Waals surface area contributed by atoms with Crippen LogP contribution in [0.25, 0.3) is 0 Å². The van der Waals surface area contributed by atoms with Crippen molar-refractivity contribution >= 4 is 19.0 Å². The van der Waals surface area contributed by atoms with Crippen LogP contribution in [-0.4, -0.2) is 38.6 Å². The number of ether oxygens (including phenoxy) is 2. The molecule has 35 heavy (non-hydrogen) atoms. The second kappa shape index (κ2) is 9.71. The van der Waals surface area contributed by atoms with Crippen LogP contribution in [0, 0.1) is 40.4 Å². The van der Waals surface area contributed by atoms with E-state index in [4.69, 9.17) is 15.0 Å². The van der Waals surface area contributed by atoms with E-state index >= 15 is 0 Å². The molecule has 1 heterocycles. The Kier molecular flexibility index (Phi) is 6.90. The van der Waals surface area contributed by atoms with E-state index in [9.17, 15) is 5.11 Å². The van der Waals surface area contributed by atoms with E-state index in [0.717, 1.165) is 51.4 Å². The van der Waals surface area contributed by atoms with Crippen molar-refractivity contribution in [3.05, 3.63) is 23.0 Å². The van der Waals surface area contributed by atoms with E-state index in [-0.39, 0.29) is 22.9 Å². The second-order valence-corrected chi connectivity index (χ2v) is 13.4. The zero-order valence-corrected chi connectivity index (χ0v) is 23.3. The van der Waals surface area contributed by atoms with E-state index in [0.29, 0.717) is 42.6 Å². The Morgan fingerprint density at radius 3 is 2.60 bits per heavy atom. The topological polar surface area (TPSA) is 47.9 Å². The van der Waals surface area contributed by atoms with Gasteiger partial charge in [0.05, 0.1) is 25.1 Å². The van der Waals surface area contributed by atoms with Gasteiger partial charge < -0.3 is 18.8 Å². The molecule has 1 aliphatic heterocycles. The van der Waals surface area contributed by atoms with Crippen LogP contribution in [0.4, 0.5) is 0 Å². The highest BCUT2D eigenvalue weighted by molar-refractivity contribution is 8.15. The van der Waals surface area contributed by atoms with Crippen molar-refractivity contribution in [1.29, 1.82) is 1.34 Å². The molecular weight excluding hydrogens is 455 g/mol. The highest BCUT2D eigenvalue weighted by Crippen LogP contribution is 2.67. The number of fused-ring (bicyclic) bond motifs is 5. The highest BCUT2D eigenvalue weighted by atomic mass is 32.2. The summed E-state index contributed by atoms with van der Waals surface area (Å²) in [4.78, 5) is 0. The molecule has 6 heteroatoms. The molecule has 0 bridgehead atoms. The molecule has 195 valence electrons. The molecule has 4 nitrogen and oxygen atoms in total. The maximum atomic E-state index is 11.5. The minimum absolute atomic E-state index is 0.00737. The van der Waals surface area contributed by atoms with Crippen molar-refractivity contribution in [2.75, 3.05) is 13.2 Å². The summed E-state index contributed by atoms with van der Waals surface area (Å²) in [5.41, 5.74) is 3.06. The fourth-order valence-electron chi connectivity index (χ4n) is 9.00. The van der Waals surface area contributed by atoms with Gasteiger partial charge in [0.1, 0.15) is 0 Å². The monoisotopic (exact) mass is 503 g/mol. The summed E-state index contributed by atoms with van der Waals surface area (Å²) in [6.07, 6.45) is 12.2. The number of rotatable bonds is 8. The first kappa shape index (κ1) is 24.9. The van der Waals surface area contributed by atoms with E-state index in [2.05, 4.69) is 40.7 Å². The van der Waals surface area contributed by atoms with Gasteiger partial charge in [-0.05, 0) is 86.4 Å². The number of hydrogen-bond acceptors (Lipinski definition) is 5. The summed E-state index contributed by atoms with van der Waals surface area (Å²) in [5.74, 6) is 2.45. The second-order valence-electron chi connectivity index (χ2n) is 13.0. The summed E-state index contributed by atoms with van der Waals surface area (Å²) in [6, 6.07) is 0. The maximum absolute atomic E-state index is 11.5. The Morgan fingerprint density at radius 2 is 1.89 bits per heavy atom. The molecule has 0 spiro atoms. The molecule has 2 saturated carbocycles. The summed E-state index contributed by atoms with van der Waals surface area (Å²) >= 11 is 1.17. The van der Waals surface area contributed by atoms with Crippen molar-refractivity contribution in [3.63, 3.8) is 0 Å². The van der Waals surface area contributed by atoms with Crippen LogP contribution in [0.5, 0.6) is 0 Å². The Bertz CT molecular complexity index is 886. The van der Waals surface area contributed by atoms with Crippen LogP contribution in [0.15, 0.2) is 23.0 Å². The zero-order chi connectivity index (χ0) is 25.7. The van der Waals surface area contributed by atoms with Gasteiger partial charge in [-0.25, -0.2) is 0 Å². The van der Waals surface area contributed by atoms with Crippen LogP contribution in [0.3, 0.4) is 0 Å². The van der Waals surface area contributed by atoms with E-state index < -0.39 is 5.79 Å². The molecule has 1 saturated heterocycles. The smallest absolute Gasteiger partial charge is 0.209 e. The first-order valence-corrected chi connectivity index (χ1v) is 14.9. The largest absolute Gasteiger partial charge is 0.512 e. The van der Waals surface area contributed by atoms with Crippen molar-refractivity contribution in [2.24, 2.45) is 40.4 Å². The Balaban J connectivity index is 1.38. The predicted octanol–water partition coefficient (Wildman–Crippen LogP) is 7.04. The van der Waals surface area contributed by atoms with Gasteiger partial charge in [-0.15, -0.1) is 0 Å². The Morgan fingerprint density at radius 1 is 1.14 bits per heavy atom.